The van der Waals surface area contributed by atoms with Crippen molar-refractivity contribution < 1.29 is 4.79 Å². The zero-order chi connectivity index (χ0) is 13.0. The fourth-order valence-corrected chi connectivity index (χ4v) is 3.74. The molecule has 0 atom stereocenters. The summed E-state index contributed by atoms with van der Waals surface area (Å²) >= 11 is -0.573. The molecule has 0 aliphatic carbocycles. The van der Waals surface area contributed by atoms with Gasteiger partial charge in [0.15, 0.2) is 0 Å². The van der Waals surface area contributed by atoms with Gasteiger partial charge in [0.05, 0.1) is 0 Å². The van der Waals surface area contributed by atoms with Crippen molar-refractivity contribution in [1.29, 1.82) is 0 Å². The molecule has 2 rings (SSSR count). The zero-order valence-corrected chi connectivity index (χ0v) is 12.6. The van der Waals surface area contributed by atoms with Gasteiger partial charge in [0, 0.05) is 0 Å². The summed E-state index contributed by atoms with van der Waals surface area (Å²) in [6, 6.07) is 18.0. The Hall–Kier alpha value is -1.55. The Morgan fingerprint density at radius 3 is 2.44 bits per heavy atom. The van der Waals surface area contributed by atoms with Gasteiger partial charge in [0.2, 0.25) is 0 Å². The van der Waals surface area contributed by atoms with Crippen LogP contribution in [0.3, 0.4) is 0 Å². The van der Waals surface area contributed by atoms with Crippen molar-refractivity contribution in [3.05, 3.63) is 65.7 Å². The van der Waals surface area contributed by atoms with Gasteiger partial charge in [-0.05, 0) is 0 Å². The van der Waals surface area contributed by atoms with Crippen molar-refractivity contribution in [1.82, 2.24) is 3.86 Å². The van der Waals surface area contributed by atoms with Crippen molar-refractivity contribution in [2.24, 2.45) is 0 Å². The molecule has 0 aliphatic rings. The van der Waals surface area contributed by atoms with E-state index in [-0.39, 0.29) is 5.91 Å². The third kappa shape index (κ3) is 3.23. The number of carbonyl (C=O) groups is 1. The number of carbonyl (C=O) groups excluding carboxylic acids is 1. The molecule has 18 heavy (non-hydrogen) atoms. The van der Waals surface area contributed by atoms with Crippen molar-refractivity contribution in [2.75, 3.05) is 7.05 Å². The van der Waals surface area contributed by atoms with E-state index in [1.54, 1.807) is 0 Å². The Morgan fingerprint density at radius 1 is 1.06 bits per heavy atom. The van der Waals surface area contributed by atoms with Crippen LogP contribution in [0.5, 0.6) is 0 Å². The zero-order valence-electron chi connectivity index (χ0n) is 10.6. The summed E-state index contributed by atoms with van der Waals surface area (Å²) in [7, 11) is 1.89. The van der Waals surface area contributed by atoms with Gasteiger partial charge in [-0.3, -0.25) is 0 Å². The van der Waals surface area contributed by atoms with E-state index in [1.807, 2.05) is 60.3 Å². The normalized spacial score (nSPS) is 10.1. The van der Waals surface area contributed by atoms with Gasteiger partial charge >= 0.3 is 114 Å². The quantitative estimate of drug-likeness (QED) is 0.794. The van der Waals surface area contributed by atoms with Gasteiger partial charge in [-0.1, -0.05) is 0 Å². The van der Waals surface area contributed by atoms with E-state index in [0.717, 1.165) is 11.1 Å². The SMILES string of the molecule is Cc1cccc(C(=O)[N](C)[Ge][c]2ccccc2)c1. The first-order valence-corrected chi connectivity index (χ1v) is 7.82. The molecule has 0 aliphatic heterocycles. The van der Waals surface area contributed by atoms with Crippen LogP contribution in [0.25, 0.3) is 0 Å². The third-order valence-corrected chi connectivity index (χ3v) is 5.01. The Labute approximate surface area is 114 Å². The number of amides is 1. The fourth-order valence-electron chi connectivity index (χ4n) is 1.73. The second-order valence-corrected chi connectivity index (χ2v) is 7.30. The second-order valence-electron chi connectivity index (χ2n) is 4.21. The molecule has 90 valence electrons. The molecule has 1 amide bonds. The standard InChI is InChI=1S/C15H15GeNO/c1-12-7-6-8-13(11-12)15(18)17(2)16-14-9-4-3-5-10-14/h3-11H,1-2H3. The van der Waals surface area contributed by atoms with Crippen LogP contribution in [0.1, 0.15) is 15.9 Å². The first-order valence-electron chi connectivity index (χ1n) is 5.83. The number of aryl methyl sites for hydroxylation is 1. The summed E-state index contributed by atoms with van der Waals surface area (Å²) in [5.74, 6) is 0.113. The number of nitrogens with zero attached hydrogens (tertiary/aromatic N) is 1. The van der Waals surface area contributed by atoms with Gasteiger partial charge in [-0.15, -0.1) is 0 Å². The van der Waals surface area contributed by atoms with Gasteiger partial charge in [0.1, 0.15) is 0 Å². The molecule has 2 nitrogen and oxygen atoms in total. The van der Waals surface area contributed by atoms with Gasteiger partial charge in [-0.2, -0.15) is 0 Å². The molecule has 0 saturated carbocycles. The van der Waals surface area contributed by atoms with E-state index in [0.29, 0.717) is 0 Å². The van der Waals surface area contributed by atoms with Crippen LogP contribution in [-0.2, 0) is 0 Å². The van der Waals surface area contributed by atoms with E-state index in [9.17, 15) is 4.79 Å². The number of benzene rings is 2. The third-order valence-electron chi connectivity index (χ3n) is 2.64. The molecule has 0 bridgehead atoms. The van der Waals surface area contributed by atoms with Crippen LogP contribution in [-0.4, -0.2) is 32.5 Å². The first kappa shape index (κ1) is 12.9. The maximum atomic E-state index is 12.3. The number of rotatable bonds is 3. The number of hydrogen-bond acceptors (Lipinski definition) is 1. The molecule has 2 aromatic carbocycles. The Kier molecular flexibility index (Phi) is 4.21. The van der Waals surface area contributed by atoms with Crippen molar-refractivity contribution in [3.8, 4) is 0 Å². The average molecular weight is 298 g/mol. The molecule has 0 saturated heterocycles. The van der Waals surface area contributed by atoms with Crippen molar-refractivity contribution in [2.45, 2.75) is 6.92 Å². The van der Waals surface area contributed by atoms with Gasteiger partial charge < -0.3 is 0 Å². The molecule has 0 aromatic heterocycles. The van der Waals surface area contributed by atoms with Crippen molar-refractivity contribution in [3.63, 3.8) is 0 Å². The van der Waals surface area contributed by atoms with Gasteiger partial charge in [0.25, 0.3) is 0 Å². The summed E-state index contributed by atoms with van der Waals surface area (Å²) in [6.07, 6.45) is 0. The molecule has 0 fully saturated rings. The molecule has 2 radical (unpaired) electrons. The predicted octanol–water partition coefficient (Wildman–Crippen LogP) is 2.01. The second kappa shape index (κ2) is 5.87. The van der Waals surface area contributed by atoms with E-state index in [2.05, 4.69) is 12.1 Å². The van der Waals surface area contributed by atoms with Crippen LogP contribution >= 0.6 is 0 Å². The molecule has 0 unspecified atom stereocenters. The summed E-state index contributed by atoms with van der Waals surface area (Å²) in [5.41, 5.74) is 1.89. The maximum absolute atomic E-state index is 12.3. The summed E-state index contributed by atoms with van der Waals surface area (Å²) in [5, 5.41) is 0. The fraction of sp³-hybridized carbons (Fsp3) is 0.133. The van der Waals surface area contributed by atoms with Crippen molar-refractivity contribution >= 4 is 26.0 Å². The Balaban J connectivity index is 2.10. The van der Waals surface area contributed by atoms with Crippen LogP contribution in [0.4, 0.5) is 0 Å². The van der Waals surface area contributed by atoms with Crippen LogP contribution in [0.2, 0.25) is 0 Å². The predicted molar refractivity (Wildman–Crippen MR) is 75.1 cm³/mol. The molecular weight excluding hydrogens is 283 g/mol. The van der Waals surface area contributed by atoms with Crippen LogP contribution < -0.4 is 4.40 Å². The Bertz CT molecular complexity index is 539. The molecular formula is C15H15GeNO. The molecule has 0 heterocycles. The van der Waals surface area contributed by atoms with E-state index < -0.39 is 15.7 Å². The monoisotopic (exact) mass is 299 g/mol. The van der Waals surface area contributed by atoms with E-state index in [4.69, 9.17) is 0 Å². The summed E-state index contributed by atoms with van der Waals surface area (Å²) < 4.78 is 3.13. The number of hydrogen-bond donors (Lipinski definition) is 0. The minimum absolute atomic E-state index is 0.113. The van der Waals surface area contributed by atoms with E-state index in [1.165, 1.54) is 4.40 Å². The molecule has 0 N–H and O–H groups in total. The molecule has 3 heteroatoms. The van der Waals surface area contributed by atoms with Gasteiger partial charge in [-0.25, -0.2) is 0 Å². The van der Waals surface area contributed by atoms with Crippen LogP contribution in [0.15, 0.2) is 54.6 Å². The molecule has 0 spiro atoms. The summed E-state index contributed by atoms with van der Waals surface area (Å²) in [6.45, 7) is 2.00. The summed E-state index contributed by atoms with van der Waals surface area (Å²) in [4.78, 5) is 12.3. The topological polar surface area (TPSA) is 20.3 Å². The Morgan fingerprint density at radius 2 is 1.78 bits per heavy atom. The van der Waals surface area contributed by atoms with E-state index >= 15 is 0 Å². The average Bonchev–Trinajstić information content (AvgIpc) is 2.39. The van der Waals surface area contributed by atoms with Crippen LogP contribution in [0, 0.1) is 6.92 Å². The minimum atomic E-state index is -0.573. The molecule has 2 aromatic rings. The first-order chi connectivity index (χ1) is 8.66.